The molecule has 1 aliphatic heterocycles. The Bertz CT molecular complexity index is 600. The van der Waals surface area contributed by atoms with E-state index in [1.165, 1.54) is 4.90 Å². The second kappa shape index (κ2) is 7.11. The zero-order chi connectivity index (χ0) is 18.0. The number of rotatable bonds is 6. The minimum atomic E-state index is -4.23. The van der Waals surface area contributed by atoms with Crippen LogP contribution >= 0.6 is 0 Å². The average molecular weight is 344 g/mol. The maximum absolute atomic E-state index is 12.6. The summed E-state index contributed by atoms with van der Waals surface area (Å²) in [7, 11) is 1.58. The monoisotopic (exact) mass is 344 g/mol. The normalized spacial score (nSPS) is 15.4. The lowest BCUT2D eigenvalue weighted by Crippen LogP contribution is -2.32. The van der Waals surface area contributed by atoms with Crippen molar-refractivity contribution in [1.29, 1.82) is 0 Å². The van der Waals surface area contributed by atoms with Crippen molar-refractivity contribution in [3.63, 3.8) is 0 Å². The largest absolute Gasteiger partial charge is 0.401 e. The third kappa shape index (κ3) is 4.70. The van der Waals surface area contributed by atoms with Crippen LogP contribution in [0.2, 0.25) is 0 Å². The smallest absolute Gasteiger partial charge is 0.385 e. The standard InChI is InChI=1S/C17H23F3N2O2/c1-16(2,7-8-24-3)15(23)21-14-6-4-5-12-9-22(10-13(12)14)11-17(18,19)20/h4-6H,7-11H2,1-3H3,(H,21,23). The number of alkyl halides is 3. The Morgan fingerprint density at radius 2 is 2.00 bits per heavy atom. The van der Waals surface area contributed by atoms with E-state index < -0.39 is 18.1 Å². The van der Waals surface area contributed by atoms with Crippen LogP contribution in [0.3, 0.4) is 0 Å². The van der Waals surface area contributed by atoms with Crippen LogP contribution in [0.1, 0.15) is 31.4 Å². The Balaban J connectivity index is 2.10. The lowest BCUT2D eigenvalue weighted by atomic mass is 9.88. The van der Waals surface area contributed by atoms with Crippen LogP contribution in [0.15, 0.2) is 18.2 Å². The Hall–Kier alpha value is -1.60. The zero-order valence-electron chi connectivity index (χ0n) is 14.2. The fraction of sp³-hybridized carbons (Fsp3) is 0.588. The van der Waals surface area contributed by atoms with E-state index in [0.717, 1.165) is 11.1 Å². The molecule has 0 radical (unpaired) electrons. The van der Waals surface area contributed by atoms with Crippen molar-refractivity contribution in [2.24, 2.45) is 5.41 Å². The summed E-state index contributed by atoms with van der Waals surface area (Å²) in [6, 6.07) is 5.30. The minimum Gasteiger partial charge on any atom is -0.385 e. The molecule has 1 aromatic carbocycles. The van der Waals surface area contributed by atoms with Gasteiger partial charge in [0.1, 0.15) is 0 Å². The predicted octanol–water partition coefficient (Wildman–Crippen LogP) is 3.57. The Kier molecular flexibility index (Phi) is 5.55. The van der Waals surface area contributed by atoms with Gasteiger partial charge in [0.2, 0.25) is 5.91 Å². The second-order valence-electron chi connectivity index (χ2n) is 6.78. The summed E-state index contributed by atoms with van der Waals surface area (Å²) in [5.41, 5.74) is 1.56. The summed E-state index contributed by atoms with van der Waals surface area (Å²) in [5.74, 6) is -0.165. The molecule has 0 spiro atoms. The molecule has 1 aromatic rings. The number of ether oxygens (including phenoxy) is 1. The van der Waals surface area contributed by atoms with Crippen molar-refractivity contribution in [1.82, 2.24) is 4.90 Å². The van der Waals surface area contributed by atoms with Crippen LogP contribution < -0.4 is 5.32 Å². The van der Waals surface area contributed by atoms with E-state index in [0.29, 0.717) is 18.7 Å². The first-order valence-corrected chi connectivity index (χ1v) is 7.82. The van der Waals surface area contributed by atoms with Gasteiger partial charge in [0.25, 0.3) is 0 Å². The number of nitrogens with one attached hydrogen (secondary N) is 1. The Morgan fingerprint density at radius 1 is 1.29 bits per heavy atom. The fourth-order valence-corrected chi connectivity index (χ4v) is 2.73. The SMILES string of the molecule is COCCC(C)(C)C(=O)Nc1cccc2c1CN(CC(F)(F)F)C2. The number of carbonyl (C=O) groups is 1. The molecule has 0 atom stereocenters. The van der Waals surface area contributed by atoms with Crippen LogP contribution in [-0.2, 0) is 22.6 Å². The Labute approximate surface area is 140 Å². The van der Waals surface area contributed by atoms with Gasteiger partial charge in [0.15, 0.2) is 0 Å². The lowest BCUT2D eigenvalue weighted by molar-refractivity contribution is -0.147. The molecule has 134 valence electrons. The highest BCUT2D eigenvalue weighted by Gasteiger charge is 2.34. The van der Waals surface area contributed by atoms with Crippen molar-refractivity contribution < 1.29 is 22.7 Å². The molecule has 4 nitrogen and oxygen atoms in total. The van der Waals surface area contributed by atoms with Gasteiger partial charge in [0.05, 0.1) is 6.54 Å². The molecule has 0 unspecified atom stereocenters. The molecule has 2 rings (SSSR count). The zero-order valence-corrected chi connectivity index (χ0v) is 14.2. The molecule has 1 N–H and O–H groups in total. The Morgan fingerprint density at radius 3 is 2.62 bits per heavy atom. The quantitative estimate of drug-likeness (QED) is 0.858. The molecule has 0 saturated carbocycles. The third-order valence-electron chi connectivity index (χ3n) is 4.25. The summed E-state index contributed by atoms with van der Waals surface area (Å²) in [6.07, 6.45) is -3.67. The molecular formula is C17H23F3N2O2. The number of benzene rings is 1. The highest BCUT2D eigenvalue weighted by molar-refractivity contribution is 5.95. The van der Waals surface area contributed by atoms with Crippen LogP contribution in [0, 0.1) is 5.41 Å². The van der Waals surface area contributed by atoms with Crippen molar-refractivity contribution in [2.75, 3.05) is 25.6 Å². The van der Waals surface area contributed by atoms with Gasteiger partial charge in [-0.15, -0.1) is 0 Å². The number of hydrogen-bond acceptors (Lipinski definition) is 3. The van der Waals surface area contributed by atoms with Gasteiger partial charge in [-0.1, -0.05) is 26.0 Å². The fourth-order valence-electron chi connectivity index (χ4n) is 2.73. The van der Waals surface area contributed by atoms with Crippen LogP contribution in [0.25, 0.3) is 0 Å². The van der Waals surface area contributed by atoms with Gasteiger partial charge in [0, 0.05) is 37.9 Å². The molecule has 0 saturated heterocycles. The van der Waals surface area contributed by atoms with Gasteiger partial charge in [-0.3, -0.25) is 9.69 Å². The number of halogens is 3. The first-order chi connectivity index (χ1) is 11.1. The number of nitrogens with zero attached hydrogens (tertiary/aromatic N) is 1. The van der Waals surface area contributed by atoms with E-state index in [4.69, 9.17) is 4.74 Å². The van der Waals surface area contributed by atoms with Gasteiger partial charge in [-0.05, 0) is 23.6 Å². The van der Waals surface area contributed by atoms with Crippen LogP contribution in [0.5, 0.6) is 0 Å². The van der Waals surface area contributed by atoms with Gasteiger partial charge in [-0.25, -0.2) is 0 Å². The summed E-state index contributed by atoms with van der Waals surface area (Å²) in [4.78, 5) is 13.8. The molecule has 1 aliphatic rings. The minimum absolute atomic E-state index is 0.165. The number of carbonyl (C=O) groups excluding carboxylic acids is 1. The van der Waals surface area contributed by atoms with Crippen LogP contribution in [-0.4, -0.2) is 37.2 Å². The number of fused-ring (bicyclic) bond motifs is 1. The molecule has 24 heavy (non-hydrogen) atoms. The molecule has 0 aromatic heterocycles. The van der Waals surface area contributed by atoms with E-state index in [1.54, 1.807) is 25.3 Å². The summed E-state index contributed by atoms with van der Waals surface area (Å²) < 4.78 is 42.8. The first kappa shape index (κ1) is 18.7. The summed E-state index contributed by atoms with van der Waals surface area (Å²) >= 11 is 0. The van der Waals surface area contributed by atoms with Gasteiger partial charge < -0.3 is 10.1 Å². The molecular weight excluding hydrogens is 321 g/mol. The maximum Gasteiger partial charge on any atom is 0.401 e. The topological polar surface area (TPSA) is 41.6 Å². The predicted molar refractivity (Wildman–Crippen MR) is 85.5 cm³/mol. The van der Waals surface area contributed by atoms with Crippen molar-refractivity contribution in [3.8, 4) is 0 Å². The van der Waals surface area contributed by atoms with E-state index >= 15 is 0 Å². The molecule has 7 heteroatoms. The van der Waals surface area contributed by atoms with Crippen molar-refractivity contribution in [3.05, 3.63) is 29.3 Å². The van der Waals surface area contributed by atoms with Gasteiger partial charge >= 0.3 is 6.18 Å². The summed E-state index contributed by atoms with van der Waals surface area (Å²) in [5, 5.41) is 2.87. The average Bonchev–Trinajstić information content (AvgIpc) is 2.86. The molecule has 0 bridgehead atoms. The number of amides is 1. The van der Waals surface area contributed by atoms with Crippen molar-refractivity contribution >= 4 is 11.6 Å². The maximum atomic E-state index is 12.6. The molecule has 0 aliphatic carbocycles. The van der Waals surface area contributed by atoms with Crippen molar-refractivity contribution in [2.45, 2.75) is 39.5 Å². The lowest BCUT2D eigenvalue weighted by Gasteiger charge is -2.24. The number of hydrogen-bond donors (Lipinski definition) is 1. The highest BCUT2D eigenvalue weighted by atomic mass is 19.4. The highest BCUT2D eigenvalue weighted by Crippen LogP contribution is 2.32. The second-order valence-corrected chi connectivity index (χ2v) is 6.78. The van der Waals surface area contributed by atoms with E-state index in [1.807, 2.05) is 13.8 Å². The third-order valence-corrected chi connectivity index (χ3v) is 4.25. The number of anilines is 1. The molecule has 0 fully saturated rings. The van der Waals surface area contributed by atoms with Crippen LogP contribution in [0.4, 0.5) is 18.9 Å². The molecule has 1 heterocycles. The van der Waals surface area contributed by atoms with E-state index in [-0.39, 0.29) is 19.0 Å². The molecule has 1 amide bonds. The summed E-state index contributed by atoms with van der Waals surface area (Å²) in [6.45, 7) is 3.58. The van der Waals surface area contributed by atoms with E-state index in [2.05, 4.69) is 5.32 Å². The first-order valence-electron chi connectivity index (χ1n) is 7.82. The number of methoxy groups -OCH3 is 1. The van der Waals surface area contributed by atoms with Gasteiger partial charge in [-0.2, -0.15) is 13.2 Å². The van der Waals surface area contributed by atoms with E-state index in [9.17, 15) is 18.0 Å².